The number of nitrogens with zero attached hydrogens (tertiary/aromatic N) is 2. The molecule has 0 N–H and O–H groups in total. The molecule has 3 rings (SSSR count). The van der Waals surface area contributed by atoms with E-state index in [-0.39, 0.29) is 0 Å². The zero-order valence-electron chi connectivity index (χ0n) is 18.0. The Bertz CT molecular complexity index is 889. The topological polar surface area (TPSA) is 26.2 Å². The summed E-state index contributed by atoms with van der Waals surface area (Å²) in [5.74, 6) is 2.61. The smallest absolute Gasteiger partial charge is 0.174 e. The highest BCUT2D eigenvalue weighted by Crippen LogP contribution is 2.22. The van der Waals surface area contributed by atoms with Crippen LogP contribution in [0.3, 0.4) is 0 Å². The molecule has 0 aliphatic rings. The Hall–Kier alpha value is -2.53. The van der Waals surface area contributed by atoms with Crippen molar-refractivity contribution in [2.75, 3.05) is 20.0 Å². The molecule has 0 radical (unpaired) electrons. The Kier molecular flexibility index (Phi) is 8.57. The lowest BCUT2D eigenvalue weighted by atomic mass is 10.1. The first-order valence-electron chi connectivity index (χ1n) is 10.5. The van der Waals surface area contributed by atoms with Gasteiger partial charge in [-0.15, -0.1) is 0 Å². The molecule has 0 saturated heterocycles. The average molecular weight is 425 g/mol. The van der Waals surface area contributed by atoms with E-state index in [2.05, 4.69) is 70.8 Å². The van der Waals surface area contributed by atoms with E-state index in [0.717, 1.165) is 35.9 Å². The minimum atomic E-state index is 0.760. The normalized spacial score (nSPS) is 10.8. The lowest BCUT2D eigenvalue weighted by Gasteiger charge is -2.07. The fraction of sp³-hybridized carbons (Fsp3) is 0.360. The maximum Gasteiger partial charge on any atom is 0.174 e. The predicted molar refractivity (Wildman–Crippen MR) is 123 cm³/mol. The summed E-state index contributed by atoms with van der Waals surface area (Å²) in [4.78, 5) is 0. The summed E-state index contributed by atoms with van der Waals surface area (Å²) in [5.41, 5.74) is 3.59. The van der Waals surface area contributed by atoms with Crippen LogP contribution in [0.25, 0.3) is 11.1 Å². The van der Waals surface area contributed by atoms with Crippen molar-refractivity contribution in [1.82, 2.24) is 0 Å². The lowest BCUT2D eigenvalue weighted by molar-refractivity contribution is -0.697. The molecular formula is C25H32N2O2S+2. The molecule has 3 aromatic rings. The standard InChI is InChI=1S/C25H31N2O2S/c1-28-24-17-21(18-25(19-24)29-2)20-27-14-9-23(10-15-27)22-7-12-26(13-8-22)11-5-3-4-6-16-30/h7-10,12-15,17-19H,3-6,11,16,20H2,1-2H3/q+1/p+1. The fourth-order valence-corrected chi connectivity index (χ4v) is 3.71. The van der Waals surface area contributed by atoms with E-state index in [1.165, 1.54) is 36.8 Å². The van der Waals surface area contributed by atoms with Crippen molar-refractivity contribution in [2.45, 2.75) is 38.8 Å². The molecule has 1 aromatic carbocycles. The van der Waals surface area contributed by atoms with E-state index < -0.39 is 0 Å². The van der Waals surface area contributed by atoms with E-state index in [1.54, 1.807) is 14.2 Å². The summed E-state index contributed by atoms with van der Waals surface area (Å²) in [6.45, 7) is 1.83. The molecule has 30 heavy (non-hydrogen) atoms. The van der Waals surface area contributed by atoms with Gasteiger partial charge in [0.1, 0.15) is 18.0 Å². The van der Waals surface area contributed by atoms with Gasteiger partial charge in [-0.3, -0.25) is 0 Å². The van der Waals surface area contributed by atoms with Crippen molar-refractivity contribution in [3.05, 3.63) is 72.8 Å². The molecule has 0 amide bonds. The number of hydrogen-bond acceptors (Lipinski definition) is 3. The Morgan fingerprint density at radius 3 is 1.77 bits per heavy atom. The molecule has 0 saturated carbocycles. The molecule has 0 spiro atoms. The number of hydrogen-bond donors (Lipinski definition) is 1. The highest BCUT2D eigenvalue weighted by molar-refractivity contribution is 7.80. The van der Waals surface area contributed by atoms with Crippen LogP contribution >= 0.6 is 12.6 Å². The largest absolute Gasteiger partial charge is 0.497 e. The summed E-state index contributed by atoms with van der Waals surface area (Å²) < 4.78 is 15.2. The first-order valence-corrected chi connectivity index (χ1v) is 11.2. The summed E-state index contributed by atoms with van der Waals surface area (Å²) >= 11 is 4.27. The van der Waals surface area contributed by atoms with Crippen molar-refractivity contribution in [3.63, 3.8) is 0 Å². The number of aromatic nitrogens is 2. The van der Waals surface area contributed by atoms with Gasteiger partial charge in [0.05, 0.1) is 14.2 Å². The highest BCUT2D eigenvalue weighted by Gasteiger charge is 2.09. The van der Waals surface area contributed by atoms with Crippen LogP contribution in [0.1, 0.15) is 31.2 Å². The molecule has 0 aliphatic heterocycles. The zero-order chi connectivity index (χ0) is 21.2. The van der Waals surface area contributed by atoms with Gasteiger partial charge in [0.2, 0.25) is 0 Å². The van der Waals surface area contributed by atoms with E-state index >= 15 is 0 Å². The van der Waals surface area contributed by atoms with Gasteiger partial charge < -0.3 is 9.47 Å². The van der Waals surface area contributed by atoms with Crippen LogP contribution in [0.4, 0.5) is 0 Å². The fourth-order valence-electron chi connectivity index (χ4n) is 3.48. The van der Waals surface area contributed by atoms with Crippen LogP contribution in [0, 0.1) is 0 Å². The van der Waals surface area contributed by atoms with Crippen molar-refractivity contribution >= 4 is 12.6 Å². The second-order valence-corrected chi connectivity index (χ2v) is 7.89. The third-order valence-electron chi connectivity index (χ3n) is 5.22. The molecule has 0 bridgehead atoms. The van der Waals surface area contributed by atoms with Gasteiger partial charge in [-0.25, -0.2) is 9.13 Å². The van der Waals surface area contributed by atoms with Gasteiger partial charge in [0, 0.05) is 42.3 Å². The number of rotatable bonds is 11. The summed E-state index contributed by atoms with van der Waals surface area (Å²) in [6, 6.07) is 14.7. The number of benzene rings is 1. The van der Waals surface area contributed by atoms with Crippen LogP contribution in [0.15, 0.2) is 67.3 Å². The minimum absolute atomic E-state index is 0.760. The maximum atomic E-state index is 5.37. The Balaban J connectivity index is 1.60. The minimum Gasteiger partial charge on any atom is -0.497 e. The Morgan fingerprint density at radius 2 is 1.23 bits per heavy atom. The SMILES string of the molecule is COc1cc(C[n+]2ccc(-c3cc[n+](CCCCCCS)cc3)cc2)cc(OC)c1. The Labute approximate surface area is 185 Å². The quantitative estimate of drug-likeness (QED) is 0.279. The summed E-state index contributed by atoms with van der Waals surface area (Å²) in [7, 11) is 3.35. The molecule has 2 aromatic heterocycles. The monoisotopic (exact) mass is 424 g/mol. The number of pyridine rings is 2. The molecule has 0 fully saturated rings. The van der Waals surface area contributed by atoms with Gasteiger partial charge in [0.25, 0.3) is 0 Å². The molecule has 5 heteroatoms. The summed E-state index contributed by atoms with van der Waals surface area (Å²) in [5, 5.41) is 0. The van der Waals surface area contributed by atoms with Gasteiger partial charge in [-0.05, 0) is 41.9 Å². The first-order chi connectivity index (χ1) is 14.7. The second kappa shape index (κ2) is 11.6. The number of unbranched alkanes of at least 4 members (excludes halogenated alkanes) is 3. The van der Waals surface area contributed by atoms with E-state index in [4.69, 9.17) is 9.47 Å². The second-order valence-electron chi connectivity index (χ2n) is 7.44. The third kappa shape index (κ3) is 6.49. The molecule has 0 aliphatic carbocycles. The predicted octanol–water partition coefficient (Wildman–Crippen LogP) is 4.48. The van der Waals surface area contributed by atoms with Crippen LogP contribution in [-0.2, 0) is 13.1 Å². The van der Waals surface area contributed by atoms with Crippen molar-refractivity contribution < 1.29 is 18.6 Å². The van der Waals surface area contributed by atoms with Crippen LogP contribution in [-0.4, -0.2) is 20.0 Å². The van der Waals surface area contributed by atoms with Crippen LogP contribution in [0.2, 0.25) is 0 Å². The number of ether oxygens (including phenoxy) is 2. The number of thiol groups is 1. The average Bonchev–Trinajstić information content (AvgIpc) is 2.79. The molecule has 4 nitrogen and oxygen atoms in total. The summed E-state index contributed by atoms with van der Waals surface area (Å²) in [6.07, 6.45) is 13.6. The molecule has 158 valence electrons. The van der Waals surface area contributed by atoms with E-state index in [0.29, 0.717) is 0 Å². The van der Waals surface area contributed by atoms with Gasteiger partial charge >= 0.3 is 0 Å². The van der Waals surface area contributed by atoms with E-state index in [9.17, 15) is 0 Å². The lowest BCUT2D eigenvalue weighted by Crippen LogP contribution is -2.33. The third-order valence-corrected chi connectivity index (χ3v) is 5.53. The van der Waals surface area contributed by atoms with Gasteiger partial charge in [-0.1, -0.05) is 6.42 Å². The number of aryl methyl sites for hydroxylation is 1. The van der Waals surface area contributed by atoms with Gasteiger partial charge in [-0.2, -0.15) is 12.6 Å². The number of methoxy groups -OCH3 is 2. The highest BCUT2D eigenvalue weighted by atomic mass is 32.1. The zero-order valence-corrected chi connectivity index (χ0v) is 18.9. The first kappa shape index (κ1) is 22.2. The molecular weight excluding hydrogens is 392 g/mol. The van der Waals surface area contributed by atoms with E-state index in [1.807, 2.05) is 18.2 Å². The molecule has 0 unspecified atom stereocenters. The van der Waals surface area contributed by atoms with Crippen molar-refractivity contribution in [3.8, 4) is 22.6 Å². The Morgan fingerprint density at radius 1 is 0.700 bits per heavy atom. The maximum absolute atomic E-state index is 5.37. The van der Waals surface area contributed by atoms with Crippen LogP contribution < -0.4 is 18.6 Å². The van der Waals surface area contributed by atoms with Crippen molar-refractivity contribution in [1.29, 1.82) is 0 Å². The molecule has 2 heterocycles. The van der Waals surface area contributed by atoms with Crippen molar-refractivity contribution in [2.24, 2.45) is 0 Å². The van der Waals surface area contributed by atoms with Gasteiger partial charge in [0.15, 0.2) is 31.3 Å². The van der Waals surface area contributed by atoms with Crippen LogP contribution in [0.5, 0.6) is 11.5 Å². The molecule has 0 atom stereocenters.